The highest BCUT2D eigenvalue weighted by atomic mass is 32.2. The molecule has 0 amide bonds. The van der Waals surface area contributed by atoms with Crippen LogP contribution in [0.3, 0.4) is 0 Å². The summed E-state index contributed by atoms with van der Waals surface area (Å²) >= 11 is 0. The molecule has 6 heteroatoms. The van der Waals surface area contributed by atoms with Gasteiger partial charge in [0.25, 0.3) is 0 Å². The van der Waals surface area contributed by atoms with Gasteiger partial charge in [0.15, 0.2) is 0 Å². The third-order valence-corrected chi connectivity index (χ3v) is 6.00. The highest BCUT2D eigenvalue weighted by Crippen LogP contribution is 2.25. The number of nitrogens with one attached hydrogen (secondary N) is 2. The predicted molar refractivity (Wildman–Crippen MR) is 99.2 cm³/mol. The van der Waals surface area contributed by atoms with E-state index in [0.29, 0.717) is 12.1 Å². The van der Waals surface area contributed by atoms with Crippen LogP contribution >= 0.6 is 0 Å². The Hall–Kier alpha value is -1.27. The Morgan fingerprint density at radius 2 is 2.00 bits per heavy atom. The molecule has 1 saturated carbocycles. The van der Waals surface area contributed by atoms with Crippen molar-refractivity contribution < 1.29 is 13.2 Å². The summed E-state index contributed by atoms with van der Waals surface area (Å²) in [7, 11) is -1.65. The molecule has 1 aliphatic rings. The van der Waals surface area contributed by atoms with Gasteiger partial charge in [-0.3, -0.25) is 4.72 Å². The molecule has 1 aromatic carbocycles. The van der Waals surface area contributed by atoms with Gasteiger partial charge in [-0.05, 0) is 56.3 Å². The molecule has 0 heterocycles. The fourth-order valence-electron chi connectivity index (χ4n) is 3.26. The largest absolute Gasteiger partial charge is 0.496 e. The van der Waals surface area contributed by atoms with Crippen LogP contribution in [0.15, 0.2) is 18.2 Å². The number of benzene rings is 1. The molecule has 24 heavy (non-hydrogen) atoms. The summed E-state index contributed by atoms with van der Waals surface area (Å²) < 4.78 is 31.7. The lowest BCUT2D eigenvalue weighted by Gasteiger charge is -2.14. The summed E-state index contributed by atoms with van der Waals surface area (Å²) in [6, 6.07) is 5.52. The zero-order valence-electron chi connectivity index (χ0n) is 14.8. The molecule has 0 aliphatic heterocycles. The van der Waals surface area contributed by atoms with Crippen molar-refractivity contribution in [3.63, 3.8) is 0 Å². The number of anilines is 1. The standard InChI is InChI=1S/C18H30N2O3S/c1-3-12-24(21,22)20-17-9-8-16(18(13-17)23-2)10-11-19-14-15-6-4-5-7-15/h8-9,13,15,19-20H,3-7,10-12,14H2,1-2H3. The van der Waals surface area contributed by atoms with Crippen LogP contribution in [-0.4, -0.2) is 34.4 Å². The Morgan fingerprint density at radius 3 is 2.67 bits per heavy atom. The lowest BCUT2D eigenvalue weighted by atomic mass is 10.1. The summed E-state index contributed by atoms with van der Waals surface area (Å²) in [6.45, 7) is 3.85. The molecule has 1 aromatic rings. The Kier molecular flexibility index (Phi) is 7.37. The lowest BCUT2D eigenvalue weighted by Crippen LogP contribution is -2.23. The van der Waals surface area contributed by atoms with E-state index in [1.807, 2.05) is 19.1 Å². The first-order valence-corrected chi connectivity index (χ1v) is 10.6. The second-order valence-electron chi connectivity index (χ2n) is 6.55. The van der Waals surface area contributed by atoms with Gasteiger partial charge in [-0.1, -0.05) is 25.8 Å². The second-order valence-corrected chi connectivity index (χ2v) is 8.39. The third-order valence-electron chi connectivity index (χ3n) is 4.51. The van der Waals surface area contributed by atoms with Gasteiger partial charge >= 0.3 is 0 Å². The van der Waals surface area contributed by atoms with E-state index in [0.717, 1.165) is 36.7 Å². The lowest BCUT2D eigenvalue weighted by molar-refractivity contribution is 0.408. The number of ether oxygens (including phenoxy) is 1. The van der Waals surface area contributed by atoms with Crippen LogP contribution in [-0.2, 0) is 16.4 Å². The van der Waals surface area contributed by atoms with Gasteiger partial charge in [0.05, 0.1) is 18.6 Å². The maximum absolute atomic E-state index is 11.9. The Balaban J connectivity index is 1.88. The van der Waals surface area contributed by atoms with Crippen LogP contribution in [0.25, 0.3) is 0 Å². The van der Waals surface area contributed by atoms with Crippen molar-refractivity contribution in [3.8, 4) is 5.75 Å². The molecular formula is C18H30N2O3S. The molecule has 136 valence electrons. The fourth-order valence-corrected chi connectivity index (χ4v) is 4.38. The van der Waals surface area contributed by atoms with Crippen LogP contribution in [0.4, 0.5) is 5.69 Å². The first-order valence-electron chi connectivity index (χ1n) is 8.92. The van der Waals surface area contributed by atoms with Crippen LogP contribution in [0.1, 0.15) is 44.6 Å². The van der Waals surface area contributed by atoms with Gasteiger partial charge in [0.2, 0.25) is 10.0 Å². The average Bonchev–Trinajstić information content (AvgIpc) is 3.05. The highest BCUT2D eigenvalue weighted by molar-refractivity contribution is 7.92. The minimum Gasteiger partial charge on any atom is -0.496 e. The summed E-state index contributed by atoms with van der Waals surface area (Å²) in [5.41, 5.74) is 1.65. The molecule has 0 spiro atoms. The van der Waals surface area contributed by atoms with E-state index in [2.05, 4.69) is 10.0 Å². The number of hydrogen-bond donors (Lipinski definition) is 2. The van der Waals surface area contributed by atoms with Gasteiger partial charge in [0.1, 0.15) is 5.75 Å². The smallest absolute Gasteiger partial charge is 0.232 e. The second kappa shape index (κ2) is 9.28. The first kappa shape index (κ1) is 19.1. The summed E-state index contributed by atoms with van der Waals surface area (Å²) in [5, 5.41) is 3.53. The normalized spacial score (nSPS) is 15.6. The quantitative estimate of drug-likeness (QED) is 0.633. The Bertz CT molecular complexity index is 611. The van der Waals surface area contributed by atoms with E-state index < -0.39 is 10.0 Å². The summed E-state index contributed by atoms with van der Waals surface area (Å²) in [5.74, 6) is 1.69. The molecule has 2 rings (SSSR count). The van der Waals surface area contributed by atoms with E-state index >= 15 is 0 Å². The van der Waals surface area contributed by atoms with E-state index in [1.165, 1.54) is 25.7 Å². The first-order chi connectivity index (χ1) is 11.5. The minimum absolute atomic E-state index is 0.127. The maximum Gasteiger partial charge on any atom is 0.232 e. The van der Waals surface area contributed by atoms with Gasteiger partial charge < -0.3 is 10.1 Å². The van der Waals surface area contributed by atoms with Gasteiger partial charge in [0, 0.05) is 6.07 Å². The number of rotatable bonds is 10. The van der Waals surface area contributed by atoms with Gasteiger partial charge in [-0.2, -0.15) is 0 Å². The number of methoxy groups -OCH3 is 1. The van der Waals surface area contributed by atoms with Crippen LogP contribution in [0, 0.1) is 5.92 Å². The topological polar surface area (TPSA) is 67.4 Å². The average molecular weight is 355 g/mol. The molecule has 1 fully saturated rings. The maximum atomic E-state index is 11.9. The molecule has 1 aliphatic carbocycles. The van der Waals surface area contributed by atoms with Crippen LogP contribution in [0.2, 0.25) is 0 Å². The Morgan fingerprint density at radius 1 is 1.25 bits per heavy atom. The molecule has 0 unspecified atom stereocenters. The summed E-state index contributed by atoms with van der Waals surface area (Å²) in [6.07, 6.45) is 6.91. The molecule has 2 N–H and O–H groups in total. The van der Waals surface area contributed by atoms with Crippen molar-refractivity contribution in [2.45, 2.75) is 45.4 Å². The highest BCUT2D eigenvalue weighted by Gasteiger charge is 2.14. The van der Waals surface area contributed by atoms with Crippen molar-refractivity contribution >= 4 is 15.7 Å². The molecular weight excluding hydrogens is 324 g/mol. The van der Waals surface area contributed by atoms with E-state index in [4.69, 9.17) is 4.74 Å². The van der Waals surface area contributed by atoms with Crippen molar-refractivity contribution in [2.24, 2.45) is 5.92 Å². The van der Waals surface area contributed by atoms with E-state index in [9.17, 15) is 8.42 Å². The molecule has 0 bridgehead atoms. The zero-order valence-corrected chi connectivity index (χ0v) is 15.6. The van der Waals surface area contributed by atoms with Crippen LogP contribution < -0.4 is 14.8 Å². The van der Waals surface area contributed by atoms with E-state index in [1.54, 1.807) is 13.2 Å². The summed E-state index contributed by atoms with van der Waals surface area (Å²) in [4.78, 5) is 0. The monoisotopic (exact) mass is 354 g/mol. The van der Waals surface area contributed by atoms with E-state index in [-0.39, 0.29) is 5.75 Å². The SMILES string of the molecule is CCCS(=O)(=O)Nc1ccc(CCNCC2CCCC2)c(OC)c1. The minimum atomic E-state index is -3.27. The number of sulfonamides is 1. The van der Waals surface area contributed by atoms with Gasteiger partial charge in [-0.15, -0.1) is 0 Å². The predicted octanol–water partition coefficient (Wildman–Crippen LogP) is 3.17. The molecule has 0 radical (unpaired) electrons. The van der Waals surface area contributed by atoms with Crippen molar-refractivity contribution in [2.75, 3.05) is 30.7 Å². The molecule has 0 saturated heterocycles. The third kappa shape index (κ3) is 5.98. The molecule has 5 nitrogen and oxygen atoms in total. The van der Waals surface area contributed by atoms with Crippen LogP contribution in [0.5, 0.6) is 5.75 Å². The number of hydrogen-bond acceptors (Lipinski definition) is 4. The fraction of sp³-hybridized carbons (Fsp3) is 0.667. The zero-order chi connectivity index (χ0) is 17.4. The van der Waals surface area contributed by atoms with Crippen molar-refractivity contribution in [1.29, 1.82) is 0 Å². The molecule has 0 aromatic heterocycles. The van der Waals surface area contributed by atoms with Crippen molar-refractivity contribution in [3.05, 3.63) is 23.8 Å². The Labute approximate surface area is 146 Å². The molecule has 0 atom stereocenters. The van der Waals surface area contributed by atoms with Gasteiger partial charge in [-0.25, -0.2) is 8.42 Å². The van der Waals surface area contributed by atoms with Crippen molar-refractivity contribution in [1.82, 2.24) is 5.32 Å².